The zero-order chi connectivity index (χ0) is 23.9. The Kier molecular flexibility index (Phi) is 2.33. The first-order chi connectivity index (χ1) is 14.0. The van der Waals surface area contributed by atoms with E-state index in [9.17, 15) is 8.42 Å². The van der Waals surface area contributed by atoms with Crippen molar-refractivity contribution in [2.75, 3.05) is 7.11 Å². The van der Waals surface area contributed by atoms with Crippen LogP contribution < -0.4 is 4.74 Å². The van der Waals surface area contributed by atoms with Gasteiger partial charge in [0.25, 0.3) is 0 Å². The van der Waals surface area contributed by atoms with Crippen LogP contribution in [0.5, 0.6) is 5.88 Å². The summed E-state index contributed by atoms with van der Waals surface area (Å²) in [5.74, 6) is 0.179. The first kappa shape index (κ1) is 8.27. The molecule has 2 aromatic rings. The fraction of sp³-hybridized carbons (Fsp3) is 0.231. The standard InChI is InChI=1S/C13H14N2O3S.5H2/c1-10-3-5-12(6-4-10)19(16,17)8-11-7-13(18-2)15-9-14-11;;;;;/h3-7,9H,8H2,1-2H3;5*1H/i;5*1+1D. The number of aryl methyl sites for hydroxylation is 1. The minimum Gasteiger partial charge on any atom is -0.481 e. The topological polar surface area (TPSA) is 69.2 Å². The maximum Gasteiger partial charge on any atom is 0.216 e. The Bertz CT molecular complexity index is 693. The van der Waals surface area contributed by atoms with E-state index in [0.717, 1.165) is 5.56 Å². The van der Waals surface area contributed by atoms with Crippen LogP contribution in [0.4, 0.5) is 0 Å². The molecule has 5 nitrogen and oxygen atoms in total. The lowest BCUT2D eigenvalue weighted by molar-refractivity contribution is 0.396. The van der Waals surface area contributed by atoms with Gasteiger partial charge in [-0.05, 0) is 19.1 Å². The highest BCUT2D eigenvalue weighted by atomic mass is 32.2. The van der Waals surface area contributed by atoms with Gasteiger partial charge in [-0.25, -0.2) is 18.4 Å². The van der Waals surface area contributed by atoms with Crippen molar-refractivity contribution in [1.29, 1.82) is 0 Å². The van der Waals surface area contributed by atoms with E-state index in [0.29, 0.717) is 11.6 Å². The second-order valence-corrected chi connectivity index (χ2v) is 6.11. The van der Waals surface area contributed by atoms with Gasteiger partial charge in [0.1, 0.15) is 6.33 Å². The van der Waals surface area contributed by atoms with Gasteiger partial charge in [-0.15, -0.1) is 0 Å². The normalized spacial score (nSPS) is 13.4. The quantitative estimate of drug-likeness (QED) is 0.868. The van der Waals surface area contributed by atoms with Crippen LogP contribution in [0.25, 0.3) is 0 Å². The van der Waals surface area contributed by atoms with Gasteiger partial charge in [0.15, 0.2) is 9.84 Å². The molecule has 1 aromatic carbocycles. The third-order valence-electron chi connectivity index (χ3n) is 2.63. The van der Waals surface area contributed by atoms with Crippen molar-refractivity contribution < 1.29 is 28.0 Å². The Balaban J connectivity index is -0.000000273. The van der Waals surface area contributed by atoms with Gasteiger partial charge in [-0.2, -0.15) is 0 Å². The lowest BCUT2D eigenvalue weighted by atomic mass is 10.2. The molecule has 1 heterocycles. The molecule has 0 aliphatic carbocycles. The highest BCUT2D eigenvalue weighted by Gasteiger charge is 2.16. The number of nitrogens with zero attached hydrogens (tertiary/aromatic N) is 2. The molecular formula is C13H24N2O3S. The summed E-state index contributed by atoms with van der Waals surface area (Å²) in [6.45, 7) is 1.91. The summed E-state index contributed by atoms with van der Waals surface area (Å²) < 4.78 is 79.4. The van der Waals surface area contributed by atoms with Crippen LogP contribution in [0, 0.1) is 6.92 Å². The van der Waals surface area contributed by atoms with Crippen molar-refractivity contribution in [2.24, 2.45) is 0 Å². The predicted molar refractivity (Wildman–Crippen MR) is 81.2 cm³/mol. The molecule has 0 spiro atoms. The van der Waals surface area contributed by atoms with Crippen molar-refractivity contribution in [3.05, 3.63) is 47.9 Å². The number of ether oxygens (including phenoxy) is 1. The fourth-order valence-electron chi connectivity index (χ4n) is 1.59. The van der Waals surface area contributed by atoms with E-state index in [1.165, 1.54) is 19.5 Å². The molecule has 2 rings (SSSR count). The molecule has 110 valence electrons. The number of hydrogen-bond acceptors (Lipinski definition) is 5. The van der Waals surface area contributed by atoms with Crippen molar-refractivity contribution in [2.45, 2.75) is 17.6 Å². The van der Waals surface area contributed by atoms with Crippen LogP contribution in [0.3, 0.4) is 0 Å². The van der Waals surface area contributed by atoms with Crippen molar-refractivity contribution in [3.8, 4) is 5.88 Å². The van der Waals surface area contributed by atoms with Gasteiger partial charge in [0.2, 0.25) is 5.88 Å². The third kappa shape index (κ3) is 3.29. The largest absolute Gasteiger partial charge is 0.481 e. The Hall–Kier alpha value is -1.95. The SMILES string of the molecule is COc1cc(CS(=O)(=O)c2ccc(C)cc2)ncn1.[2H][2H].[2H][2H].[2H][2H].[2H][2H].[2H][2H]. The Labute approximate surface area is 127 Å². The van der Waals surface area contributed by atoms with Crippen molar-refractivity contribution in [1.82, 2.24) is 9.97 Å². The Morgan fingerprint density at radius 3 is 2.58 bits per heavy atom. The number of hydrogen-bond donors (Lipinski definition) is 0. The number of benzene rings is 1. The molecule has 0 saturated carbocycles. The lowest BCUT2D eigenvalue weighted by Gasteiger charge is -2.05. The predicted octanol–water partition coefficient (Wildman–Crippen LogP) is 3.00. The number of methoxy groups -OCH3 is 1. The summed E-state index contributed by atoms with van der Waals surface area (Å²) in [6.07, 6.45) is 1.29. The van der Waals surface area contributed by atoms with Gasteiger partial charge < -0.3 is 4.74 Å². The van der Waals surface area contributed by atoms with E-state index in [4.69, 9.17) is 19.6 Å². The van der Waals surface area contributed by atoms with Crippen LogP contribution in [0.15, 0.2) is 41.6 Å². The summed E-state index contributed by atoms with van der Waals surface area (Å²) in [5.41, 5.74) is 1.43. The van der Waals surface area contributed by atoms with Gasteiger partial charge in [-0.1, -0.05) is 17.7 Å². The van der Waals surface area contributed by atoms with E-state index >= 15 is 0 Å². The van der Waals surface area contributed by atoms with Gasteiger partial charge in [0, 0.05) is 20.9 Å². The molecule has 0 bridgehead atoms. The molecule has 0 aliphatic heterocycles. The average Bonchev–Trinajstić information content (AvgIpc) is 2.80. The summed E-state index contributed by atoms with van der Waals surface area (Å²) in [5, 5.41) is 0. The lowest BCUT2D eigenvalue weighted by Crippen LogP contribution is -2.07. The zero-order valence-electron chi connectivity index (χ0n) is 20.7. The Morgan fingerprint density at radius 2 is 1.95 bits per heavy atom. The van der Waals surface area contributed by atoms with E-state index in [2.05, 4.69) is 9.97 Å². The highest BCUT2D eigenvalue weighted by molar-refractivity contribution is 7.90. The monoisotopic (exact) mass is 298 g/mol. The summed E-state index contributed by atoms with van der Waals surface area (Å²) in [6, 6.07) is 8.26. The molecular weight excluding hydrogens is 264 g/mol. The maximum absolute atomic E-state index is 12.2. The first-order valence-electron chi connectivity index (χ1n) is 10.7. The van der Waals surface area contributed by atoms with Crippen molar-refractivity contribution in [3.63, 3.8) is 0 Å². The number of rotatable bonds is 4. The molecule has 0 atom stereocenters. The second-order valence-electron chi connectivity index (χ2n) is 4.12. The number of aromatic nitrogens is 2. The van der Waals surface area contributed by atoms with E-state index in [1.807, 2.05) is 6.92 Å². The molecule has 0 aliphatic rings. The molecule has 0 radical (unpaired) electrons. The van der Waals surface area contributed by atoms with E-state index in [1.54, 1.807) is 24.3 Å². The van der Waals surface area contributed by atoms with Crippen LogP contribution in [0.2, 0.25) is 0 Å². The minimum atomic E-state index is -3.40. The summed E-state index contributed by atoms with van der Waals surface area (Å²) in [7, 11) is -1.93. The van der Waals surface area contributed by atoms with E-state index in [-0.39, 0.29) is 10.6 Å². The molecule has 0 fully saturated rings. The van der Waals surface area contributed by atoms with Crippen LogP contribution >= 0.6 is 0 Å². The molecule has 19 heavy (non-hydrogen) atoms. The number of sulfone groups is 1. The first-order valence-corrected chi connectivity index (χ1v) is 7.31. The van der Waals surface area contributed by atoms with Crippen LogP contribution in [-0.4, -0.2) is 25.5 Å². The fourth-order valence-corrected chi connectivity index (χ4v) is 2.86. The summed E-state index contributed by atoms with van der Waals surface area (Å²) in [4.78, 5) is 8.08. The molecule has 0 saturated heterocycles. The highest BCUT2D eigenvalue weighted by Crippen LogP contribution is 2.17. The van der Waals surface area contributed by atoms with Crippen LogP contribution in [0.1, 0.15) is 26.1 Å². The van der Waals surface area contributed by atoms with Gasteiger partial charge in [0.05, 0.1) is 23.5 Å². The molecule has 1 aromatic heterocycles. The average molecular weight is 298 g/mol. The van der Waals surface area contributed by atoms with E-state index < -0.39 is 9.84 Å². The minimum absolute atomic E-state index is 0.172. The molecule has 6 heteroatoms. The second kappa shape index (κ2) is 5.36. The van der Waals surface area contributed by atoms with Crippen LogP contribution in [-0.2, 0) is 15.6 Å². The van der Waals surface area contributed by atoms with Gasteiger partial charge >= 0.3 is 0 Å². The van der Waals surface area contributed by atoms with Crippen molar-refractivity contribution >= 4 is 9.84 Å². The maximum atomic E-state index is 12.2. The molecule has 0 unspecified atom stereocenters. The third-order valence-corrected chi connectivity index (χ3v) is 4.29. The zero-order valence-corrected chi connectivity index (χ0v) is 11.5. The molecule has 0 N–H and O–H groups in total. The smallest absolute Gasteiger partial charge is 0.216 e. The summed E-state index contributed by atoms with van der Waals surface area (Å²) >= 11 is 0. The van der Waals surface area contributed by atoms with Gasteiger partial charge in [-0.3, -0.25) is 0 Å². The molecule has 0 amide bonds. The Morgan fingerprint density at radius 1 is 1.26 bits per heavy atom.